The normalized spacial score (nSPS) is 24.7. The van der Waals surface area contributed by atoms with E-state index >= 15 is 0 Å². The Hall–Kier alpha value is -2.51. The van der Waals surface area contributed by atoms with Gasteiger partial charge < -0.3 is 10.2 Å². The third-order valence-electron chi connectivity index (χ3n) is 4.83. The van der Waals surface area contributed by atoms with Crippen LogP contribution in [0, 0.1) is 17.6 Å². The van der Waals surface area contributed by atoms with Crippen LogP contribution in [0.15, 0.2) is 18.2 Å². The van der Waals surface area contributed by atoms with Gasteiger partial charge in [0.2, 0.25) is 0 Å². The van der Waals surface area contributed by atoms with E-state index in [9.17, 15) is 23.2 Å². The zero-order valence-corrected chi connectivity index (χ0v) is 13.1. The maximum absolute atomic E-state index is 13.7. The molecule has 1 unspecified atom stereocenters. The Labute approximate surface area is 137 Å². The third-order valence-corrected chi connectivity index (χ3v) is 4.83. The van der Waals surface area contributed by atoms with Gasteiger partial charge in [-0.05, 0) is 43.9 Å². The van der Waals surface area contributed by atoms with Crippen LogP contribution in [0.3, 0.4) is 0 Å². The van der Waals surface area contributed by atoms with Gasteiger partial charge in [-0.1, -0.05) is 0 Å². The lowest BCUT2D eigenvalue weighted by atomic mass is 9.79. The predicted molar refractivity (Wildman–Crippen MR) is 80.1 cm³/mol. The van der Waals surface area contributed by atoms with E-state index in [-0.39, 0.29) is 17.4 Å². The first kappa shape index (κ1) is 16.4. The second-order valence-corrected chi connectivity index (χ2v) is 6.30. The number of carbonyl (C=O) groups excluding carboxylic acids is 3. The van der Waals surface area contributed by atoms with Gasteiger partial charge in [0.1, 0.15) is 17.2 Å². The first-order valence-corrected chi connectivity index (χ1v) is 7.69. The summed E-state index contributed by atoms with van der Waals surface area (Å²) in [5.41, 5.74) is -1.30. The number of urea groups is 1. The minimum atomic E-state index is -1.00. The van der Waals surface area contributed by atoms with Gasteiger partial charge >= 0.3 is 6.03 Å². The quantitative estimate of drug-likeness (QED) is 0.801. The summed E-state index contributed by atoms with van der Waals surface area (Å²) in [4.78, 5) is 37.1. The van der Waals surface area contributed by atoms with E-state index in [1.54, 1.807) is 6.92 Å². The highest BCUT2D eigenvalue weighted by molar-refractivity contribution is 6.07. The molecule has 3 rings (SSSR count). The number of halogens is 2. The number of amides is 4. The molecule has 0 spiro atoms. The molecule has 1 aromatic rings. The Morgan fingerprint density at radius 1 is 1.25 bits per heavy atom. The summed E-state index contributed by atoms with van der Waals surface area (Å²) >= 11 is 0. The van der Waals surface area contributed by atoms with E-state index in [0.29, 0.717) is 25.9 Å². The highest BCUT2D eigenvalue weighted by atomic mass is 19.1. The van der Waals surface area contributed by atoms with Crippen LogP contribution in [-0.4, -0.2) is 41.4 Å². The van der Waals surface area contributed by atoms with Crippen molar-refractivity contribution in [2.45, 2.75) is 25.3 Å². The lowest BCUT2D eigenvalue weighted by molar-refractivity contribution is -0.125. The van der Waals surface area contributed by atoms with E-state index in [0.717, 1.165) is 18.2 Å². The second kappa shape index (κ2) is 5.85. The fourth-order valence-electron chi connectivity index (χ4n) is 3.34. The fourth-order valence-corrected chi connectivity index (χ4v) is 3.34. The van der Waals surface area contributed by atoms with Crippen molar-refractivity contribution in [3.63, 3.8) is 0 Å². The van der Waals surface area contributed by atoms with Crippen LogP contribution in [0.25, 0.3) is 0 Å². The number of imide groups is 1. The van der Waals surface area contributed by atoms with Crippen molar-refractivity contribution in [2.75, 3.05) is 13.1 Å². The summed E-state index contributed by atoms with van der Waals surface area (Å²) in [6, 6.07) is 2.24. The Bertz CT molecular complexity index is 717. The molecule has 24 heavy (non-hydrogen) atoms. The zero-order chi connectivity index (χ0) is 17.5. The summed E-state index contributed by atoms with van der Waals surface area (Å²) in [6.45, 7) is 2.26. The maximum Gasteiger partial charge on any atom is 0.322 e. The number of piperidine rings is 1. The van der Waals surface area contributed by atoms with Crippen LogP contribution in [0.1, 0.15) is 30.1 Å². The van der Waals surface area contributed by atoms with Gasteiger partial charge in [0.25, 0.3) is 11.8 Å². The molecule has 0 aliphatic carbocycles. The summed E-state index contributed by atoms with van der Waals surface area (Å²) < 4.78 is 27.0. The molecule has 8 heteroatoms. The maximum atomic E-state index is 13.7. The van der Waals surface area contributed by atoms with Crippen LogP contribution in [0.4, 0.5) is 13.6 Å². The zero-order valence-electron chi connectivity index (χ0n) is 13.1. The van der Waals surface area contributed by atoms with Crippen LogP contribution >= 0.6 is 0 Å². The first-order valence-electron chi connectivity index (χ1n) is 7.69. The number of benzene rings is 1. The van der Waals surface area contributed by atoms with Crippen LogP contribution in [0.5, 0.6) is 0 Å². The molecular weight excluding hydrogens is 320 g/mol. The van der Waals surface area contributed by atoms with Crippen LogP contribution < -0.4 is 10.6 Å². The van der Waals surface area contributed by atoms with E-state index in [2.05, 4.69) is 10.6 Å². The average Bonchev–Trinajstić information content (AvgIpc) is 2.82. The predicted octanol–water partition coefficient (Wildman–Crippen LogP) is 1.42. The minimum Gasteiger partial charge on any atom is -0.339 e. The molecule has 128 valence electrons. The Morgan fingerprint density at radius 2 is 1.92 bits per heavy atom. The van der Waals surface area contributed by atoms with E-state index in [1.165, 1.54) is 4.90 Å². The van der Waals surface area contributed by atoms with Gasteiger partial charge in [-0.25, -0.2) is 13.6 Å². The Morgan fingerprint density at radius 3 is 2.50 bits per heavy atom. The molecule has 4 amide bonds. The Balaban J connectivity index is 1.69. The minimum absolute atomic E-state index is 0.134. The number of rotatable bonds is 2. The standard InChI is InChI=1S/C16H17F2N3O3/c1-16(14(23)19-15(24)20-16)9-4-6-21(7-5-9)13(22)11-8-10(17)2-3-12(11)18/h2-3,8-9H,4-7H2,1H3,(H2,19,20,23,24). The third kappa shape index (κ3) is 2.72. The van der Waals surface area contributed by atoms with Crippen molar-refractivity contribution >= 4 is 17.8 Å². The molecule has 6 nitrogen and oxygen atoms in total. The molecule has 1 atom stereocenters. The number of carbonyl (C=O) groups is 3. The molecule has 1 aromatic carbocycles. The molecule has 2 aliphatic heterocycles. The number of hydrogen-bond donors (Lipinski definition) is 2. The van der Waals surface area contributed by atoms with Gasteiger partial charge in [0.15, 0.2) is 0 Å². The molecule has 2 saturated heterocycles. The number of nitrogens with one attached hydrogen (secondary N) is 2. The van der Waals surface area contributed by atoms with Crippen molar-refractivity contribution in [1.29, 1.82) is 0 Å². The SMILES string of the molecule is CC1(C2CCN(C(=O)c3cc(F)ccc3F)CC2)NC(=O)NC1=O. The molecule has 0 aromatic heterocycles. The number of nitrogens with zero attached hydrogens (tertiary/aromatic N) is 1. The first-order chi connectivity index (χ1) is 11.3. The van der Waals surface area contributed by atoms with Gasteiger partial charge in [-0.15, -0.1) is 0 Å². The van der Waals surface area contributed by atoms with E-state index < -0.39 is 29.1 Å². The largest absolute Gasteiger partial charge is 0.339 e. The van der Waals surface area contributed by atoms with Crippen molar-refractivity contribution in [3.8, 4) is 0 Å². The number of likely N-dealkylation sites (tertiary alicyclic amines) is 1. The lowest BCUT2D eigenvalue weighted by Crippen LogP contribution is -2.54. The highest BCUT2D eigenvalue weighted by Gasteiger charge is 2.48. The summed E-state index contributed by atoms with van der Waals surface area (Å²) in [6.07, 6.45) is 0.958. The fraction of sp³-hybridized carbons (Fsp3) is 0.438. The van der Waals surface area contributed by atoms with E-state index in [4.69, 9.17) is 0 Å². The molecule has 2 fully saturated rings. The molecule has 2 N–H and O–H groups in total. The summed E-state index contributed by atoms with van der Waals surface area (Å²) in [7, 11) is 0. The van der Waals surface area contributed by atoms with Crippen molar-refractivity contribution < 1.29 is 23.2 Å². The van der Waals surface area contributed by atoms with Crippen LogP contribution in [-0.2, 0) is 4.79 Å². The summed E-state index contributed by atoms with van der Waals surface area (Å²) in [5.74, 6) is -2.53. The molecule has 2 aliphatic rings. The smallest absolute Gasteiger partial charge is 0.322 e. The second-order valence-electron chi connectivity index (χ2n) is 6.30. The average molecular weight is 337 g/mol. The van der Waals surface area contributed by atoms with Gasteiger partial charge in [-0.2, -0.15) is 0 Å². The Kier molecular flexibility index (Phi) is 3.98. The van der Waals surface area contributed by atoms with E-state index in [1.807, 2.05) is 0 Å². The summed E-state index contributed by atoms with van der Waals surface area (Å²) in [5, 5.41) is 4.85. The monoisotopic (exact) mass is 337 g/mol. The molecule has 0 saturated carbocycles. The van der Waals surface area contributed by atoms with Gasteiger partial charge in [0, 0.05) is 13.1 Å². The number of hydrogen-bond acceptors (Lipinski definition) is 3. The van der Waals surface area contributed by atoms with Crippen molar-refractivity contribution in [1.82, 2.24) is 15.5 Å². The van der Waals surface area contributed by atoms with Crippen molar-refractivity contribution in [2.24, 2.45) is 5.92 Å². The van der Waals surface area contributed by atoms with Crippen LogP contribution in [0.2, 0.25) is 0 Å². The molecule has 2 heterocycles. The van der Waals surface area contributed by atoms with Gasteiger partial charge in [0.05, 0.1) is 5.56 Å². The highest BCUT2D eigenvalue weighted by Crippen LogP contribution is 2.31. The van der Waals surface area contributed by atoms with Gasteiger partial charge in [-0.3, -0.25) is 14.9 Å². The lowest BCUT2D eigenvalue weighted by Gasteiger charge is -2.38. The molecule has 0 radical (unpaired) electrons. The van der Waals surface area contributed by atoms with Crippen molar-refractivity contribution in [3.05, 3.63) is 35.4 Å². The topological polar surface area (TPSA) is 78.5 Å². The molecular formula is C16H17F2N3O3. The molecule has 0 bridgehead atoms.